The fraction of sp³-hybridized carbons (Fsp3) is 0.692. The van der Waals surface area contributed by atoms with Gasteiger partial charge in [-0.25, -0.2) is 4.79 Å². The van der Waals surface area contributed by atoms with E-state index in [1.807, 2.05) is 0 Å². The van der Waals surface area contributed by atoms with Crippen LogP contribution in [0.4, 0.5) is 13.2 Å². The lowest BCUT2D eigenvalue weighted by atomic mass is 9.85. The molecule has 0 aromatic carbocycles. The zero-order valence-electron chi connectivity index (χ0n) is 12.4. The van der Waals surface area contributed by atoms with Gasteiger partial charge in [0.05, 0.1) is 0 Å². The molecule has 0 bridgehead atoms. The molecule has 132 valence electrons. The Kier molecular flexibility index (Phi) is 6.20. The van der Waals surface area contributed by atoms with Crippen molar-refractivity contribution >= 4 is 21.9 Å². The van der Waals surface area contributed by atoms with Gasteiger partial charge in [-0.05, 0) is 50.8 Å². The summed E-state index contributed by atoms with van der Waals surface area (Å²) in [6.45, 7) is 4.96. The molecule has 0 aromatic heterocycles. The Labute approximate surface area is 132 Å². The van der Waals surface area contributed by atoms with Crippen molar-refractivity contribution in [3.05, 3.63) is 12.2 Å². The van der Waals surface area contributed by atoms with Gasteiger partial charge >= 0.3 is 21.5 Å². The van der Waals surface area contributed by atoms with Crippen LogP contribution in [-0.2, 0) is 19.6 Å². The van der Waals surface area contributed by atoms with Crippen LogP contribution < -0.4 is 5.11 Å². The van der Waals surface area contributed by atoms with Gasteiger partial charge in [0, 0.05) is 5.57 Å². The van der Waals surface area contributed by atoms with E-state index in [1.54, 1.807) is 0 Å². The van der Waals surface area contributed by atoms with E-state index < -0.39 is 27.4 Å². The Balaban J connectivity index is 2.53. The minimum atomic E-state index is -5.79. The van der Waals surface area contributed by atoms with Crippen molar-refractivity contribution in [1.29, 1.82) is 0 Å². The van der Waals surface area contributed by atoms with E-state index in [2.05, 4.69) is 11.0 Å². The van der Waals surface area contributed by atoms with E-state index in [9.17, 15) is 31.5 Å². The first-order valence-electron chi connectivity index (χ1n) is 6.86. The fourth-order valence-electron chi connectivity index (χ4n) is 2.18. The van der Waals surface area contributed by atoms with Crippen molar-refractivity contribution in [1.82, 2.24) is 0 Å². The molecule has 1 saturated carbocycles. The molecular weight excluding hydrogens is 339 g/mol. The molecule has 23 heavy (non-hydrogen) atoms. The lowest BCUT2D eigenvalue weighted by Crippen LogP contribution is -2.30. The SMILES string of the molecule is C=C(C)C(=O)OC1CCC(CC([O-])=NS(=O)(=O)C(F)(F)F)CC1. The largest absolute Gasteiger partial charge is 0.861 e. The van der Waals surface area contributed by atoms with Crippen LogP contribution in [-0.4, -0.2) is 31.9 Å². The Morgan fingerprint density at radius 2 is 1.83 bits per heavy atom. The highest BCUT2D eigenvalue weighted by Gasteiger charge is 2.45. The predicted octanol–water partition coefficient (Wildman–Crippen LogP) is 1.66. The smallest absolute Gasteiger partial charge is 0.518 e. The van der Waals surface area contributed by atoms with E-state index >= 15 is 0 Å². The molecule has 0 heterocycles. The van der Waals surface area contributed by atoms with Gasteiger partial charge < -0.3 is 9.84 Å². The van der Waals surface area contributed by atoms with Crippen LogP contribution >= 0.6 is 0 Å². The van der Waals surface area contributed by atoms with Crippen LogP contribution in [0.5, 0.6) is 0 Å². The van der Waals surface area contributed by atoms with Gasteiger partial charge in [-0.15, -0.1) is 0 Å². The summed E-state index contributed by atoms with van der Waals surface area (Å²) in [5.74, 6) is -2.12. The van der Waals surface area contributed by atoms with Crippen LogP contribution in [0.3, 0.4) is 0 Å². The van der Waals surface area contributed by atoms with E-state index in [0.29, 0.717) is 25.7 Å². The number of hydrogen-bond acceptors (Lipinski definition) is 5. The molecule has 0 aliphatic heterocycles. The van der Waals surface area contributed by atoms with E-state index in [1.165, 1.54) is 6.92 Å². The number of carbonyl (C=O) groups is 1. The number of rotatable bonds is 5. The molecule has 1 rings (SSSR count). The van der Waals surface area contributed by atoms with Crippen molar-refractivity contribution < 1.29 is 36.2 Å². The summed E-state index contributed by atoms with van der Waals surface area (Å²) in [4.78, 5) is 11.4. The molecule has 1 aliphatic carbocycles. The molecule has 6 nitrogen and oxygen atoms in total. The Hall–Kier alpha value is -1.58. The number of alkyl halides is 3. The summed E-state index contributed by atoms with van der Waals surface area (Å²) < 4.78 is 65.3. The third kappa shape index (κ3) is 5.85. The lowest BCUT2D eigenvalue weighted by Gasteiger charge is -2.29. The zero-order valence-corrected chi connectivity index (χ0v) is 13.2. The van der Waals surface area contributed by atoms with Crippen LogP contribution in [0.25, 0.3) is 0 Å². The minimum Gasteiger partial charge on any atom is -0.861 e. The second-order valence-electron chi connectivity index (χ2n) is 5.44. The van der Waals surface area contributed by atoms with Crippen molar-refractivity contribution in [3.8, 4) is 0 Å². The molecule has 0 N–H and O–H groups in total. The summed E-state index contributed by atoms with van der Waals surface area (Å²) in [6.07, 6.45) is 1.05. The molecule has 0 atom stereocenters. The molecule has 0 saturated heterocycles. The second kappa shape index (κ2) is 7.33. The molecule has 1 fully saturated rings. The zero-order chi connectivity index (χ0) is 17.8. The highest BCUT2D eigenvalue weighted by atomic mass is 32.2. The standard InChI is InChI=1S/C13H18F3NO5S/c1-8(2)12(19)22-10-5-3-9(4-6-10)7-11(18)17-23(20,21)13(14,15)16/h9-10H,1,3-7H2,2H3,(H,17,18)/p-1. The molecule has 1 aliphatic rings. The van der Waals surface area contributed by atoms with Gasteiger partial charge in [-0.1, -0.05) is 6.58 Å². The van der Waals surface area contributed by atoms with Crippen molar-refractivity contribution in [2.75, 3.05) is 0 Å². The van der Waals surface area contributed by atoms with Crippen LogP contribution in [0.2, 0.25) is 0 Å². The lowest BCUT2D eigenvalue weighted by molar-refractivity contribution is -0.219. The quantitative estimate of drug-likeness (QED) is 0.323. The maximum Gasteiger partial charge on any atom is 0.518 e. The number of ether oxygens (including phenoxy) is 1. The second-order valence-corrected chi connectivity index (χ2v) is 7.03. The number of esters is 1. The normalized spacial score (nSPS) is 23.4. The average Bonchev–Trinajstić information content (AvgIpc) is 2.38. The maximum absolute atomic E-state index is 12.1. The van der Waals surface area contributed by atoms with E-state index in [4.69, 9.17) is 4.74 Å². The third-order valence-electron chi connectivity index (χ3n) is 3.39. The van der Waals surface area contributed by atoms with Crippen LogP contribution in [0.15, 0.2) is 16.5 Å². The Morgan fingerprint density at radius 3 is 2.26 bits per heavy atom. The van der Waals surface area contributed by atoms with Gasteiger partial charge in [-0.2, -0.15) is 26.0 Å². The number of hydrogen-bond donors (Lipinski definition) is 0. The molecule has 0 aromatic rings. The first-order chi connectivity index (χ1) is 10.4. The van der Waals surface area contributed by atoms with E-state index in [0.717, 1.165) is 0 Å². The molecule has 10 heteroatoms. The fourth-order valence-corrected chi connectivity index (χ4v) is 2.62. The van der Waals surface area contributed by atoms with E-state index in [-0.39, 0.29) is 24.0 Å². The Bertz CT molecular complexity index is 589. The summed E-state index contributed by atoms with van der Waals surface area (Å²) >= 11 is 0. The molecule has 0 spiro atoms. The number of sulfonamides is 1. The van der Waals surface area contributed by atoms with Crippen molar-refractivity contribution in [2.24, 2.45) is 10.3 Å². The third-order valence-corrected chi connectivity index (χ3v) is 4.42. The molecule has 0 amide bonds. The van der Waals surface area contributed by atoms with Crippen molar-refractivity contribution in [2.45, 2.75) is 50.6 Å². The molecular formula is C13H17F3NO5S-. The van der Waals surface area contributed by atoms with Gasteiger partial charge in [0.2, 0.25) is 0 Å². The number of halogens is 3. The van der Waals surface area contributed by atoms with Gasteiger partial charge in [0.25, 0.3) is 0 Å². The average molecular weight is 356 g/mol. The van der Waals surface area contributed by atoms with Gasteiger partial charge in [0.1, 0.15) is 6.10 Å². The van der Waals surface area contributed by atoms with Crippen LogP contribution in [0, 0.1) is 5.92 Å². The molecule has 0 unspecified atom stereocenters. The summed E-state index contributed by atoms with van der Waals surface area (Å²) in [5, 5.41) is 11.4. The summed E-state index contributed by atoms with van der Waals surface area (Å²) in [6, 6.07) is 0. The minimum absolute atomic E-state index is 0.262. The van der Waals surface area contributed by atoms with Crippen molar-refractivity contribution in [3.63, 3.8) is 0 Å². The van der Waals surface area contributed by atoms with Gasteiger partial charge in [-0.3, -0.25) is 0 Å². The summed E-state index contributed by atoms with van der Waals surface area (Å²) in [7, 11) is -5.79. The highest BCUT2D eigenvalue weighted by Crippen LogP contribution is 2.30. The summed E-state index contributed by atoms with van der Waals surface area (Å²) in [5.41, 5.74) is -5.31. The van der Waals surface area contributed by atoms with Crippen LogP contribution in [0.1, 0.15) is 39.0 Å². The first kappa shape index (κ1) is 19.5. The first-order valence-corrected chi connectivity index (χ1v) is 8.30. The van der Waals surface area contributed by atoms with Gasteiger partial charge in [0.15, 0.2) is 0 Å². The highest BCUT2D eigenvalue weighted by molar-refractivity contribution is 7.91. The monoisotopic (exact) mass is 356 g/mol. The number of carbonyl (C=O) groups excluding carboxylic acids is 1. The Morgan fingerprint density at radius 1 is 1.30 bits per heavy atom. The molecule has 0 radical (unpaired) electrons. The predicted molar refractivity (Wildman–Crippen MR) is 73.7 cm³/mol. The number of nitrogens with zero attached hydrogens (tertiary/aromatic N) is 1. The topological polar surface area (TPSA) is 95.9 Å². The maximum atomic E-state index is 12.1.